The minimum absolute atomic E-state index is 0.0752. The van der Waals surface area contributed by atoms with Crippen molar-refractivity contribution in [1.82, 2.24) is 5.32 Å². The number of aryl methyl sites for hydroxylation is 1. The molecule has 2 N–H and O–H groups in total. The van der Waals surface area contributed by atoms with Gasteiger partial charge in [0.05, 0.1) is 15.8 Å². The van der Waals surface area contributed by atoms with Crippen molar-refractivity contribution in [2.24, 2.45) is 0 Å². The fourth-order valence-electron chi connectivity index (χ4n) is 3.26. The molecule has 30 heavy (non-hydrogen) atoms. The van der Waals surface area contributed by atoms with Crippen molar-refractivity contribution >= 4 is 52.0 Å². The van der Waals surface area contributed by atoms with Gasteiger partial charge in [-0.05, 0) is 49.2 Å². The molecule has 0 bridgehead atoms. The van der Waals surface area contributed by atoms with Crippen LogP contribution in [0.25, 0.3) is 0 Å². The lowest BCUT2D eigenvalue weighted by Crippen LogP contribution is -2.43. The van der Waals surface area contributed by atoms with Gasteiger partial charge in [-0.1, -0.05) is 24.9 Å². The monoisotopic (exact) mass is 449 g/mol. The van der Waals surface area contributed by atoms with E-state index >= 15 is 0 Å². The normalized spacial score (nSPS) is 15.0. The summed E-state index contributed by atoms with van der Waals surface area (Å²) in [5.41, 5.74) is 2.28. The highest BCUT2D eigenvalue weighted by molar-refractivity contribution is 7.18. The summed E-state index contributed by atoms with van der Waals surface area (Å²) in [7, 11) is 0. The second-order valence-corrected chi connectivity index (χ2v) is 8.72. The van der Waals surface area contributed by atoms with E-state index in [9.17, 15) is 14.4 Å². The van der Waals surface area contributed by atoms with Gasteiger partial charge in [-0.15, -0.1) is 11.3 Å². The summed E-state index contributed by atoms with van der Waals surface area (Å²) in [4.78, 5) is 39.4. The average Bonchev–Trinajstić information content (AvgIpc) is 3.15. The standard InChI is InChI=1S/C21H24ClN3O4S/c1-3-4-15(24-21(28)17-7-8-18(22)30-17)20(27)23-14-5-6-16(13(2)11-14)25-9-10-29-12-19(25)26/h5-8,11,15H,3-4,9-10,12H2,1-2H3,(H,23,27)(H,24,28). The molecule has 1 unspecified atom stereocenters. The van der Waals surface area contributed by atoms with Gasteiger partial charge in [-0.25, -0.2) is 0 Å². The summed E-state index contributed by atoms with van der Waals surface area (Å²) in [5.74, 6) is -0.694. The molecule has 7 nitrogen and oxygen atoms in total. The summed E-state index contributed by atoms with van der Waals surface area (Å²) < 4.78 is 5.69. The van der Waals surface area contributed by atoms with E-state index in [2.05, 4.69) is 10.6 Å². The van der Waals surface area contributed by atoms with Crippen LogP contribution in [-0.2, 0) is 14.3 Å². The van der Waals surface area contributed by atoms with Crippen LogP contribution in [0.5, 0.6) is 0 Å². The highest BCUT2D eigenvalue weighted by Gasteiger charge is 2.24. The summed E-state index contributed by atoms with van der Waals surface area (Å²) in [6.07, 6.45) is 1.25. The van der Waals surface area contributed by atoms with E-state index in [0.717, 1.165) is 17.7 Å². The number of carbonyl (C=O) groups is 3. The zero-order valence-electron chi connectivity index (χ0n) is 16.9. The molecular formula is C21H24ClN3O4S. The number of thiophene rings is 1. The number of nitrogens with one attached hydrogen (secondary N) is 2. The SMILES string of the molecule is CCCC(NC(=O)c1ccc(Cl)s1)C(=O)Nc1ccc(N2CCOCC2=O)c(C)c1. The predicted molar refractivity (Wildman–Crippen MR) is 118 cm³/mol. The molecule has 3 amide bonds. The Balaban J connectivity index is 1.68. The molecule has 160 valence electrons. The molecule has 1 saturated heterocycles. The minimum Gasteiger partial charge on any atom is -0.370 e. The van der Waals surface area contributed by atoms with E-state index in [1.165, 1.54) is 11.3 Å². The Bertz CT molecular complexity index is 946. The fourth-order valence-corrected chi connectivity index (χ4v) is 4.21. The topological polar surface area (TPSA) is 87.7 Å². The van der Waals surface area contributed by atoms with Crippen LogP contribution >= 0.6 is 22.9 Å². The first kappa shape index (κ1) is 22.3. The first-order valence-corrected chi connectivity index (χ1v) is 10.9. The maximum atomic E-state index is 12.8. The minimum atomic E-state index is -0.663. The molecule has 0 saturated carbocycles. The van der Waals surface area contributed by atoms with Crippen LogP contribution in [0.15, 0.2) is 30.3 Å². The van der Waals surface area contributed by atoms with Gasteiger partial charge in [-0.3, -0.25) is 14.4 Å². The second kappa shape index (κ2) is 10.1. The smallest absolute Gasteiger partial charge is 0.262 e. The van der Waals surface area contributed by atoms with Gasteiger partial charge in [0.25, 0.3) is 11.8 Å². The first-order chi connectivity index (χ1) is 14.4. The highest BCUT2D eigenvalue weighted by Crippen LogP contribution is 2.25. The number of hydrogen-bond acceptors (Lipinski definition) is 5. The Morgan fingerprint density at radius 2 is 2.10 bits per heavy atom. The van der Waals surface area contributed by atoms with Crippen molar-refractivity contribution in [3.05, 3.63) is 45.1 Å². The van der Waals surface area contributed by atoms with E-state index in [0.29, 0.717) is 34.5 Å². The second-order valence-electron chi connectivity index (χ2n) is 7.01. The molecule has 1 aliphatic heterocycles. The summed E-state index contributed by atoms with van der Waals surface area (Å²) in [6.45, 7) is 4.91. The number of morpholine rings is 1. The number of nitrogens with zero attached hydrogens (tertiary/aromatic N) is 1. The fraction of sp³-hybridized carbons (Fsp3) is 0.381. The molecule has 3 rings (SSSR count). The molecule has 9 heteroatoms. The molecule has 2 aromatic rings. The molecule has 0 radical (unpaired) electrons. The maximum Gasteiger partial charge on any atom is 0.262 e. The number of anilines is 2. The number of halogens is 1. The van der Waals surface area contributed by atoms with E-state index in [1.807, 2.05) is 26.0 Å². The lowest BCUT2D eigenvalue weighted by molar-refractivity contribution is -0.125. The summed E-state index contributed by atoms with van der Waals surface area (Å²) >= 11 is 7.06. The molecule has 1 atom stereocenters. The summed E-state index contributed by atoms with van der Waals surface area (Å²) in [5, 5.41) is 5.65. The van der Waals surface area contributed by atoms with Gasteiger partial charge >= 0.3 is 0 Å². The number of amides is 3. The van der Waals surface area contributed by atoms with Crippen molar-refractivity contribution in [3.8, 4) is 0 Å². The van der Waals surface area contributed by atoms with E-state index in [1.54, 1.807) is 23.1 Å². The number of rotatable bonds is 7. The maximum absolute atomic E-state index is 12.8. The van der Waals surface area contributed by atoms with Crippen LogP contribution in [0, 0.1) is 6.92 Å². The lowest BCUT2D eigenvalue weighted by Gasteiger charge is -2.28. The van der Waals surface area contributed by atoms with Gasteiger partial charge in [0.2, 0.25) is 5.91 Å². The van der Waals surface area contributed by atoms with Crippen LogP contribution in [0.1, 0.15) is 35.0 Å². The van der Waals surface area contributed by atoms with Crippen molar-refractivity contribution in [1.29, 1.82) is 0 Å². The Morgan fingerprint density at radius 3 is 2.73 bits per heavy atom. The molecular weight excluding hydrogens is 426 g/mol. The van der Waals surface area contributed by atoms with E-state index in [4.69, 9.17) is 16.3 Å². The van der Waals surface area contributed by atoms with Gasteiger partial charge in [0, 0.05) is 17.9 Å². The average molecular weight is 450 g/mol. The largest absolute Gasteiger partial charge is 0.370 e. The zero-order chi connectivity index (χ0) is 21.7. The Labute approximate surface area is 184 Å². The molecule has 1 aliphatic rings. The summed E-state index contributed by atoms with van der Waals surface area (Å²) in [6, 6.07) is 8.02. The molecule has 1 fully saturated rings. The number of hydrogen-bond donors (Lipinski definition) is 2. The lowest BCUT2D eigenvalue weighted by atomic mass is 10.1. The predicted octanol–water partition coefficient (Wildman–Crippen LogP) is 3.61. The van der Waals surface area contributed by atoms with Crippen LogP contribution in [-0.4, -0.2) is 43.5 Å². The third-order valence-corrected chi connectivity index (χ3v) is 5.97. The Morgan fingerprint density at radius 1 is 1.30 bits per heavy atom. The van der Waals surface area contributed by atoms with E-state index in [-0.39, 0.29) is 24.3 Å². The van der Waals surface area contributed by atoms with E-state index < -0.39 is 6.04 Å². The highest BCUT2D eigenvalue weighted by atomic mass is 35.5. The molecule has 0 aliphatic carbocycles. The van der Waals surface area contributed by atoms with Gasteiger partial charge in [0.1, 0.15) is 12.6 Å². The number of benzene rings is 1. The van der Waals surface area contributed by atoms with Crippen LogP contribution in [0.3, 0.4) is 0 Å². The molecule has 0 spiro atoms. The van der Waals surface area contributed by atoms with Crippen molar-refractivity contribution in [3.63, 3.8) is 0 Å². The third-order valence-electron chi connectivity index (χ3n) is 4.74. The van der Waals surface area contributed by atoms with Crippen molar-refractivity contribution in [2.45, 2.75) is 32.7 Å². The molecule has 2 heterocycles. The molecule has 1 aromatic carbocycles. The van der Waals surface area contributed by atoms with Crippen LogP contribution in [0.4, 0.5) is 11.4 Å². The van der Waals surface area contributed by atoms with Gasteiger partial charge < -0.3 is 20.3 Å². The molecule has 1 aromatic heterocycles. The van der Waals surface area contributed by atoms with Crippen molar-refractivity contribution in [2.75, 3.05) is 30.0 Å². The van der Waals surface area contributed by atoms with Crippen LogP contribution < -0.4 is 15.5 Å². The van der Waals surface area contributed by atoms with Gasteiger partial charge in [0.15, 0.2) is 0 Å². The van der Waals surface area contributed by atoms with Crippen molar-refractivity contribution < 1.29 is 19.1 Å². The Hall–Kier alpha value is -2.42. The Kier molecular flexibility index (Phi) is 7.47. The first-order valence-electron chi connectivity index (χ1n) is 9.75. The van der Waals surface area contributed by atoms with Crippen LogP contribution in [0.2, 0.25) is 4.34 Å². The van der Waals surface area contributed by atoms with Gasteiger partial charge in [-0.2, -0.15) is 0 Å². The third kappa shape index (κ3) is 5.38. The number of carbonyl (C=O) groups excluding carboxylic acids is 3. The number of ether oxygens (including phenoxy) is 1. The quantitative estimate of drug-likeness (QED) is 0.675. The zero-order valence-corrected chi connectivity index (χ0v) is 18.4.